The predicted molar refractivity (Wildman–Crippen MR) is 94.5 cm³/mol. The fraction of sp³-hybridized carbons (Fsp3) is 0.211. The van der Waals surface area contributed by atoms with E-state index in [9.17, 15) is 4.79 Å². The number of aryl methyl sites for hydroxylation is 3. The molecule has 2 aromatic carbocycles. The quantitative estimate of drug-likeness (QED) is 0.768. The van der Waals surface area contributed by atoms with E-state index in [1.165, 1.54) is 5.56 Å². The number of amides is 1. The van der Waals surface area contributed by atoms with Crippen LogP contribution in [0.15, 0.2) is 47.1 Å². The van der Waals surface area contributed by atoms with Gasteiger partial charge in [0.1, 0.15) is 5.75 Å². The highest BCUT2D eigenvalue weighted by atomic mass is 16.6. The van der Waals surface area contributed by atoms with E-state index in [1.807, 2.05) is 63.2 Å². The molecule has 0 aliphatic carbocycles. The second-order valence-electron chi connectivity index (χ2n) is 5.86. The van der Waals surface area contributed by atoms with Crippen molar-refractivity contribution in [2.45, 2.75) is 20.8 Å². The molecule has 0 aliphatic rings. The predicted octanol–water partition coefficient (Wildman–Crippen LogP) is 3.68. The lowest BCUT2D eigenvalue weighted by molar-refractivity contribution is -0.118. The van der Waals surface area contributed by atoms with Crippen LogP contribution in [0.5, 0.6) is 5.75 Å². The minimum absolute atomic E-state index is 0.121. The Hall–Kier alpha value is -3.15. The maximum Gasteiger partial charge on any atom is 0.263 e. The average molecular weight is 337 g/mol. The van der Waals surface area contributed by atoms with E-state index in [-0.39, 0.29) is 18.3 Å². The van der Waals surface area contributed by atoms with Gasteiger partial charge in [-0.25, -0.2) is 4.63 Å². The summed E-state index contributed by atoms with van der Waals surface area (Å²) in [7, 11) is 0. The fourth-order valence-corrected chi connectivity index (χ4v) is 2.38. The summed E-state index contributed by atoms with van der Waals surface area (Å²) in [6.07, 6.45) is 0. The molecule has 1 heterocycles. The van der Waals surface area contributed by atoms with E-state index in [4.69, 9.17) is 9.37 Å². The molecule has 1 N–H and O–H groups in total. The molecule has 1 amide bonds. The monoisotopic (exact) mass is 337 g/mol. The van der Waals surface area contributed by atoms with Crippen LogP contribution in [0.25, 0.3) is 11.3 Å². The zero-order valence-corrected chi connectivity index (χ0v) is 14.4. The van der Waals surface area contributed by atoms with Crippen LogP contribution < -0.4 is 10.1 Å². The van der Waals surface area contributed by atoms with E-state index in [1.54, 1.807) is 0 Å². The minimum Gasteiger partial charge on any atom is -0.483 e. The number of hydrogen-bond acceptors (Lipinski definition) is 5. The van der Waals surface area contributed by atoms with E-state index in [2.05, 4.69) is 15.6 Å². The normalized spacial score (nSPS) is 10.5. The zero-order valence-electron chi connectivity index (χ0n) is 14.4. The van der Waals surface area contributed by atoms with Crippen molar-refractivity contribution in [2.24, 2.45) is 0 Å². The van der Waals surface area contributed by atoms with Gasteiger partial charge in [0.2, 0.25) is 5.82 Å². The van der Waals surface area contributed by atoms with Crippen molar-refractivity contribution in [1.29, 1.82) is 0 Å². The topological polar surface area (TPSA) is 77.3 Å². The summed E-state index contributed by atoms with van der Waals surface area (Å²) in [6.45, 7) is 5.85. The Bertz CT molecular complexity index is 902. The molecule has 0 atom stereocenters. The molecule has 0 spiro atoms. The first-order valence-electron chi connectivity index (χ1n) is 7.93. The number of para-hydroxylation sites is 1. The highest BCUT2D eigenvalue weighted by Gasteiger charge is 2.16. The molecule has 0 unspecified atom stereocenters. The standard InChI is InChI=1S/C19H19N3O3/c1-12-8-9-15(10-14(12)3)18-19(22-25-21-18)20-17(23)11-24-16-7-5-4-6-13(16)2/h4-10H,11H2,1-3H3,(H,20,22,23). The molecule has 0 saturated carbocycles. The summed E-state index contributed by atoms with van der Waals surface area (Å²) in [4.78, 5) is 12.2. The number of nitrogens with zero attached hydrogens (tertiary/aromatic N) is 2. The van der Waals surface area contributed by atoms with Gasteiger partial charge in [0.05, 0.1) is 0 Å². The van der Waals surface area contributed by atoms with Crippen molar-refractivity contribution in [2.75, 3.05) is 11.9 Å². The van der Waals surface area contributed by atoms with Gasteiger partial charge in [0.15, 0.2) is 12.3 Å². The molecular formula is C19H19N3O3. The highest BCUT2D eigenvalue weighted by molar-refractivity contribution is 5.94. The number of carbonyl (C=O) groups is 1. The lowest BCUT2D eigenvalue weighted by atomic mass is 10.0. The Labute approximate surface area is 145 Å². The van der Waals surface area contributed by atoms with Gasteiger partial charge in [-0.2, -0.15) is 0 Å². The number of nitrogens with one attached hydrogen (secondary N) is 1. The van der Waals surface area contributed by atoms with Gasteiger partial charge < -0.3 is 10.1 Å². The summed E-state index contributed by atoms with van der Waals surface area (Å²) in [5.41, 5.74) is 4.60. The van der Waals surface area contributed by atoms with E-state index < -0.39 is 0 Å². The number of anilines is 1. The van der Waals surface area contributed by atoms with E-state index in [0.29, 0.717) is 11.4 Å². The van der Waals surface area contributed by atoms with Crippen LogP contribution in [-0.4, -0.2) is 22.8 Å². The number of ether oxygens (including phenoxy) is 1. The summed E-state index contributed by atoms with van der Waals surface area (Å²) >= 11 is 0. The zero-order chi connectivity index (χ0) is 17.8. The molecule has 0 bridgehead atoms. The smallest absolute Gasteiger partial charge is 0.263 e. The second-order valence-corrected chi connectivity index (χ2v) is 5.86. The lowest BCUT2D eigenvalue weighted by Gasteiger charge is -2.08. The summed E-state index contributed by atoms with van der Waals surface area (Å²) in [6, 6.07) is 13.4. The molecule has 0 radical (unpaired) electrons. The van der Waals surface area contributed by atoms with Crippen LogP contribution in [0.4, 0.5) is 5.82 Å². The van der Waals surface area contributed by atoms with Crippen molar-refractivity contribution in [3.63, 3.8) is 0 Å². The van der Waals surface area contributed by atoms with Crippen LogP contribution in [0.3, 0.4) is 0 Å². The van der Waals surface area contributed by atoms with Crippen LogP contribution in [0.2, 0.25) is 0 Å². The minimum atomic E-state index is -0.330. The van der Waals surface area contributed by atoms with Gasteiger partial charge in [-0.05, 0) is 59.9 Å². The summed E-state index contributed by atoms with van der Waals surface area (Å²) < 4.78 is 10.3. The third-order valence-corrected chi connectivity index (χ3v) is 3.98. The van der Waals surface area contributed by atoms with Crippen molar-refractivity contribution in [3.8, 4) is 17.0 Å². The fourth-order valence-electron chi connectivity index (χ4n) is 2.38. The molecule has 3 rings (SSSR count). The van der Waals surface area contributed by atoms with Crippen LogP contribution in [0.1, 0.15) is 16.7 Å². The van der Waals surface area contributed by atoms with Crippen molar-refractivity contribution in [3.05, 3.63) is 59.2 Å². The van der Waals surface area contributed by atoms with Crippen LogP contribution in [0, 0.1) is 20.8 Å². The van der Waals surface area contributed by atoms with Gasteiger partial charge in [-0.15, -0.1) is 0 Å². The molecule has 0 fully saturated rings. The Balaban J connectivity index is 1.69. The van der Waals surface area contributed by atoms with E-state index >= 15 is 0 Å². The van der Waals surface area contributed by atoms with Gasteiger partial charge in [0.25, 0.3) is 5.91 Å². The summed E-state index contributed by atoms with van der Waals surface area (Å²) in [5.74, 6) is 0.621. The third kappa shape index (κ3) is 3.85. The molecule has 6 nitrogen and oxygen atoms in total. The van der Waals surface area contributed by atoms with Gasteiger partial charge >= 0.3 is 0 Å². The van der Waals surface area contributed by atoms with Gasteiger partial charge in [-0.3, -0.25) is 4.79 Å². The molecule has 25 heavy (non-hydrogen) atoms. The van der Waals surface area contributed by atoms with Crippen LogP contribution in [-0.2, 0) is 4.79 Å². The number of benzene rings is 2. The average Bonchev–Trinajstić information content (AvgIpc) is 3.04. The Morgan fingerprint density at radius 1 is 1.04 bits per heavy atom. The van der Waals surface area contributed by atoms with Crippen LogP contribution >= 0.6 is 0 Å². The van der Waals surface area contributed by atoms with Crippen molar-refractivity contribution < 1.29 is 14.2 Å². The maximum absolute atomic E-state index is 12.2. The molecular weight excluding hydrogens is 318 g/mol. The third-order valence-electron chi connectivity index (χ3n) is 3.98. The molecule has 0 saturated heterocycles. The maximum atomic E-state index is 12.2. The molecule has 6 heteroatoms. The largest absolute Gasteiger partial charge is 0.483 e. The number of carbonyl (C=O) groups excluding carboxylic acids is 1. The van der Waals surface area contributed by atoms with Gasteiger partial charge in [0, 0.05) is 5.56 Å². The Morgan fingerprint density at radius 2 is 1.84 bits per heavy atom. The SMILES string of the molecule is Cc1ccc(-c2nonc2NC(=O)COc2ccccc2C)cc1C. The number of aromatic nitrogens is 2. The first-order valence-corrected chi connectivity index (χ1v) is 7.93. The number of rotatable bonds is 5. The first-order chi connectivity index (χ1) is 12.0. The lowest BCUT2D eigenvalue weighted by Crippen LogP contribution is -2.21. The highest BCUT2D eigenvalue weighted by Crippen LogP contribution is 2.26. The van der Waals surface area contributed by atoms with Crippen molar-refractivity contribution in [1.82, 2.24) is 10.3 Å². The van der Waals surface area contributed by atoms with E-state index in [0.717, 1.165) is 16.7 Å². The Kier molecular flexibility index (Phi) is 4.79. The van der Waals surface area contributed by atoms with Crippen molar-refractivity contribution >= 4 is 11.7 Å². The summed E-state index contributed by atoms with van der Waals surface area (Å²) in [5, 5.41) is 10.4. The Morgan fingerprint density at radius 3 is 2.60 bits per heavy atom. The molecule has 128 valence electrons. The van der Waals surface area contributed by atoms with Gasteiger partial charge in [-0.1, -0.05) is 30.3 Å². The molecule has 0 aliphatic heterocycles. The molecule has 1 aromatic heterocycles. The molecule has 3 aromatic rings. The number of hydrogen-bond donors (Lipinski definition) is 1. The second kappa shape index (κ2) is 7.17. The first kappa shape index (κ1) is 16.7.